The van der Waals surface area contributed by atoms with Gasteiger partial charge in [-0.15, -0.1) is 0 Å². The van der Waals surface area contributed by atoms with E-state index in [0.717, 1.165) is 11.4 Å². The molecule has 0 aromatic rings. The molecule has 0 bridgehead atoms. The number of nitrogens with zero attached hydrogens (tertiary/aromatic N) is 1. The smallest absolute Gasteiger partial charge is 0.101 e. The van der Waals surface area contributed by atoms with Crippen LogP contribution in [0.3, 0.4) is 0 Å². The quantitative estimate of drug-likeness (QED) is 0.689. The summed E-state index contributed by atoms with van der Waals surface area (Å²) in [5, 5.41) is 3.35. The molecule has 1 N–H and O–H groups in total. The summed E-state index contributed by atoms with van der Waals surface area (Å²) >= 11 is 5.29. The van der Waals surface area contributed by atoms with E-state index in [0.29, 0.717) is 0 Å². The molecule has 0 atom stereocenters. The Kier molecular flexibility index (Phi) is 3.01. The van der Waals surface area contributed by atoms with Gasteiger partial charge in [-0.3, -0.25) is 0 Å². The zero-order valence-corrected chi connectivity index (χ0v) is 10.5. The minimum Gasteiger partial charge on any atom is -0.375 e. The van der Waals surface area contributed by atoms with Crippen molar-refractivity contribution in [1.29, 1.82) is 0 Å². The van der Waals surface area contributed by atoms with Gasteiger partial charge in [0.25, 0.3) is 0 Å². The van der Waals surface area contributed by atoms with Gasteiger partial charge in [0.1, 0.15) is 4.99 Å². The highest BCUT2D eigenvalue weighted by molar-refractivity contribution is 7.80. The van der Waals surface area contributed by atoms with E-state index in [1.54, 1.807) is 0 Å². The minimum absolute atomic E-state index is 0.124. The molecule has 2 aliphatic rings. The summed E-state index contributed by atoms with van der Waals surface area (Å²) in [6, 6.07) is 0. The van der Waals surface area contributed by atoms with Gasteiger partial charge in [0.05, 0.1) is 0 Å². The Hall–Kier alpha value is -0.570. The highest BCUT2D eigenvalue weighted by Crippen LogP contribution is 2.25. The highest BCUT2D eigenvalue weighted by atomic mass is 32.1. The van der Waals surface area contributed by atoms with Crippen molar-refractivity contribution in [2.24, 2.45) is 0 Å². The normalized spacial score (nSPS) is 25.9. The minimum atomic E-state index is 0.124. The number of piperidine rings is 1. The van der Waals surface area contributed by atoms with Crippen LogP contribution in [-0.4, -0.2) is 28.5 Å². The van der Waals surface area contributed by atoms with Crippen LogP contribution in [0.2, 0.25) is 0 Å². The van der Waals surface area contributed by atoms with Crippen molar-refractivity contribution < 1.29 is 0 Å². The van der Waals surface area contributed by atoms with E-state index in [9.17, 15) is 0 Å². The fourth-order valence-corrected chi connectivity index (χ4v) is 2.87. The lowest BCUT2D eigenvalue weighted by Gasteiger charge is -2.39. The lowest BCUT2D eigenvalue weighted by Crippen LogP contribution is -2.48. The van der Waals surface area contributed by atoms with E-state index in [4.69, 9.17) is 12.2 Å². The van der Waals surface area contributed by atoms with Gasteiger partial charge in [-0.05, 0) is 39.2 Å². The van der Waals surface area contributed by atoms with Gasteiger partial charge in [0.2, 0.25) is 0 Å². The predicted molar refractivity (Wildman–Crippen MR) is 67.9 cm³/mol. The molecule has 1 fully saturated rings. The number of hydrogen-bond acceptors (Lipinski definition) is 2. The Morgan fingerprint density at radius 2 is 1.93 bits per heavy atom. The van der Waals surface area contributed by atoms with Crippen LogP contribution < -0.4 is 5.32 Å². The molecular formula is C12H20N2S. The third-order valence-electron chi connectivity index (χ3n) is 3.14. The topological polar surface area (TPSA) is 15.3 Å². The zero-order valence-electron chi connectivity index (χ0n) is 9.68. The van der Waals surface area contributed by atoms with Crippen LogP contribution in [0.1, 0.15) is 39.5 Å². The molecule has 0 spiro atoms. The van der Waals surface area contributed by atoms with Crippen LogP contribution in [0.25, 0.3) is 0 Å². The molecule has 0 aliphatic carbocycles. The van der Waals surface area contributed by atoms with Gasteiger partial charge >= 0.3 is 0 Å². The van der Waals surface area contributed by atoms with Gasteiger partial charge in [-0.1, -0.05) is 12.2 Å². The molecular weight excluding hydrogens is 204 g/mol. The maximum atomic E-state index is 5.29. The second-order valence-electron chi connectivity index (χ2n) is 5.23. The molecule has 15 heavy (non-hydrogen) atoms. The van der Waals surface area contributed by atoms with Crippen molar-refractivity contribution in [2.45, 2.75) is 45.1 Å². The lowest BCUT2D eigenvalue weighted by atomic mass is 9.93. The SMILES string of the molecule is CC1(C)CC(N2CCCCC2)=CC(=S)N1. The average Bonchev–Trinajstić information content (AvgIpc) is 2.16. The van der Waals surface area contributed by atoms with Crippen molar-refractivity contribution in [2.75, 3.05) is 13.1 Å². The van der Waals surface area contributed by atoms with Crippen LogP contribution in [0.4, 0.5) is 0 Å². The van der Waals surface area contributed by atoms with E-state index >= 15 is 0 Å². The molecule has 2 rings (SSSR count). The Morgan fingerprint density at radius 1 is 1.27 bits per heavy atom. The van der Waals surface area contributed by atoms with E-state index in [1.165, 1.54) is 38.0 Å². The molecule has 0 amide bonds. The lowest BCUT2D eigenvalue weighted by molar-refractivity contribution is 0.257. The van der Waals surface area contributed by atoms with Crippen LogP contribution in [0.5, 0.6) is 0 Å². The van der Waals surface area contributed by atoms with Gasteiger partial charge in [-0.25, -0.2) is 0 Å². The summed E-state index contributed by atoms with van der Waals surface area (Å²) in [5.74, 6) is 0. The maximum Gasteiger partial charge on any atom is 0.101 e. The first kappa shape index (κ1) is 10.9. The molecule has 2 nitrogen and oxygen atoms in total. The number of rotatable bonds is 1. The van der Waals surface area contributed by atoms with E-state index in [2.05, 4.69) is 30.1 Å². The largest absolute Gasteiger partial charge is 0.375 e. The standard InChI is InChI=1S/C12H20N2S/c1-12(2)9-10(8-11(15)13-12)14-6-4-3-5-7-14/h8H,3-7,9H2,1-2H3,(H,13,15). The first-order valence-corrected chi connectivity index (χ1v) is 6.25. The van der Waals surface area contributed by atoms with Crippen LogP contribution in [0, 0.1) is 0 Å². The maximum absolute atomic E-state index is 5.29. The number of likely N-dealkylation sites (tertiary alicyclic amines) is 1. The third kappa shape index (κ3) is 2.71. The number of thiocarbonyl (C=S) groups is 1. The first-order chi connectivity index (χ1) is 7.07. The Balaban J connectivity index is 2.10. The number of nitrogens with one attached hydrogen (secondary N) is 1. The molecule has 0 unspecified atom stereocenters. The summed E-state index contributed by atoms with van der Waals surface area (Å²) < 4.78 is 0. The van der Waals surface area contributed by atoms with E-state index < -0.39 is 0 Å². The zero-order chi connectivity index (χ0) is 10.9. The molecule has 0 radical (unpaired) electrons. The summed E-state index contributed by atoms with van der Waals surface area (Å²) in [7, 11) is 0. The molecule has 3 heteroatoms. The summed E-state index contributed by atoms with van der Waals surface area (Å²) in [5.41, 5.74) is 1.56. The van der Waals surface area contributed by atoms with Crippen molar-refractivity contribution in [1.82, 2.24) is 10.2 Å². The van der Waals surface area contributed by atoms with Crippen molar-refractivity contribution in [3.05, 3.63) is 11.8 Å². The molecule has 0 saturated carbocycles. The van der Waals surface area contributed by atoms with Crippen molar-refractivity contribution in [3.8, 4) is 0 Å². The third-order valence-corrected chi connectivity index (χ3v) is 3.36. The molecule has 1 saturated heterocycles. The highest BCUT2D eigenvalue weighted by Gasteiger charge is 2.27. The predicted octanol–water partition coefficient (Wildman–Crippen LogP) is 2.46. The first-order valence-electron chi connectivity index (χ1n) is 5.84. The monoisotopic (exact) mass is 224 g/mol. The van der Waals surface area contributed by atoms with Gasteiger partial charge in [0.15, 0.2) is 0 Å². The van der Waals surface area contributed by atoms with Crippen LogP contribution in [-0.2, 0) is 0 Å². The van der Waals surface area contributed by atoms with Crippen molar-refractivity contribution >= 4 is 17.2 Å². The summed E-state index contributed by atoms with van der Waals surface area (Å²) in [6.45, 7) is 6.86. The van der Waals surface area contributed by atoms with Gasteiger partial charge in [-0.2, -0.15) is 0 Å². The molecule has 0 aromatic heterocycles. The Morgan fingerprint density at radius 3 is 2.53 bits per heavy atom. The molecule has 84 valence electrons. The second kappa shape index (κ2) is 4.12. The summed E-state index contributed by atoms with van der Waals surface area (Å²) in [6.07, 6.45) is 7.28. The fourth-order valence-electron chi connectivity index (χ4n) is 2.45. The second-order valence-corrected chi connectivity index (χ2v) is 5.67. The van der Waals surface area contributed by atoms with E-state index in [-0.39, 0.29) is 5.54 Å². The molecule has 2 aliphatic heterocycles. The van der Waals surface area contributed by atoms with Crippen LogP contribution >= 0.6 is 12.2 Å². The molecule has 0 aromatic carbocycles. The van der Waals surface area contributed by atoms with Crippen LogP contribution in [0.15, 0.2) is 11.8 Å². The Labute approximate surface area is 97.7 Å². The van der Waals surface area contributed by atoms with Gasteiger partial charge < -0.3 is 10.2 Å². The average molecular weight is 224 g/mol. The fraction of sp³-hybridized carbons (Fsp3) is 0.750. The summed E-state index contributed by atoms with van der Waals surface area (Å²) in [4.78, 5) is 3.41. The molecule has 2 heterocycles. The number of hydrogen-bond donors (Lipinski definition) is 1. The van der Waals surface area contributed by atoms with E-state index in [1.807, 2.05) is 0 Å². The van der Waals surface area contributed by atoms with Gasteiger partial charge in [0, 0.05) is 30.7 Å². The Bertz CT molecular complexity index is 288. The van der Waals surface area contributed by atoms with Crippen molar-refractivity contribution in [3.63, 3.8) is 0 Å².